The average molecular weight is 193 g/mol. The van der Waals surface area contributed by atoms with Gasteiger partial charge >= 0.3 is 0 Å². The molecular weight excluding hydrogens is 178 g/mol. The van der Waals surface area contributed by atoms with Crippen molar-refractivity contribution in [2.45, 2.75) is 12.5 Å². The molecule has 2 rings (SSSR count). The zero-order valence-corrected chi connectivity index (χ0v) is 8.32. The SMILES string of the molecule is COc1ccc(O[C@H]2CCNC2)cc1. The Hall–Kier alpha value is -1.22. The largest absolute Gasteiger partial charge is 0.497 e. The van der Waals surface area contributed by atoms with Gasteiger partial charge in [-0.1, -0.05) is 0 Å². The molecule has 1 N–H and O–H groups in total. The van der Waals surface area contributed by atoms with Gasteiger partial charge in [-0.3, -0.25) is 0 Å². The highest BCUT2D eigenvalue weighted by Crippen LogP contribution is 2.19. The van der Waals surface area contributed by atoms with E-state index in [1.54, 1.807) is 7.11 Å². The first-order valence-electron chi connectivity index (χ1n) is 4.90. The van der Waals surface area contributed by atoms with Crippen LogP contribution in [0.15, 0.2) is 24.3 Å². The van der Waals surface area contributed by atoms with Crippen LogP contribution in [0.4, 0.5) is 0 Å². The van der Waals surface area contributed by atoms with Crippen LogP contribution < -0.4 is 14.8 Å². The molecule has 0 saturated carbocycles. The van der Waals surface area contributed by atoms with Gasteiger partial charge in [-0.2, -0.15) is 0 Å². The molecule has 1 heterocycles. The maximum absolute atomic E-state index is 5.76. The molecule has 76 valence electrons. The van der Waals surface area contributed by atoms with E-state index < -0.39 is 0 Å². The van der Waals surface area contributed by atoms with Crippen LogP contribution in [0.1, 0.15) is 6.42 Å². The quantitative estimate of drug-likeness (QED) is 0.787. The summed E-state index contributed by atoms with van der Waals surface area (Å²) in [6, 6.07) is 7.71. The molecule has 1 atom stereocenters. The smallest absolute Gasteiger partial charge is 0.120 e. The highest BCUT2D eigenvalue weighted by Gasteiger charge is 2.15. The van der Waals surface area contributed by atoms with Gasteiger partial charge < -0.3 is 14.8 Å². The van der Waals surface area contributed by atoms with Crippen molar-refractivity contribution in [3.8, 4) is 11.5 Å². The topological polar surface area (TPSA) is 30.5 Å². The molecule has 0 unspecified atom stereocenters. The Balaban J connectivity index is 1.95. The Morgan fingerprint density at radius 2 is 1.93 bits per heavy atom. The van der Waals surface area contributed by atoms with E-state index in [1.807, 2.05) is 24.3 Å². The predicted octanol–water partition coefficient (Wildman–Crippen LogP) is 1.44. The number of rotatable bonds is 3. The molecule has 0 aromatic heterocycles. The molecule has 1 aromatic rings. The van der Waals surface area contributed by atoms with Gasteiger partial charge in [0.2, 0.25) is 0 Å². The zero-order valence-electron chi connectivity index (χ0n) is 8.32. The molecule has 14 heavy (non-hydrogen) atoms. The van der Waals surface area contributed by atoms with Crippen molar-refractivity contribution < 1.29 is 9.47 Å². The molecule has 0 amide bonds. The molecule has 3 nitrogen and oxygen atoms in total. The van der Waals surface area contributed by atoms with E-state index in [-0.39, 0.29) is 0 Å². The van der Waals surface area contributed by atoms with Crippen molar-refractivity contribution in [1.82, 2.24) is 5.32 Å². The van der Waals surface area contributed by atoms with Crippen molar-refractivity contribution in [3.63, 3.8) is 0 Å². The van der Waals surface area contributed by atoms with Crippen LogP contribution in [0.5, 0.6) is 11.5 Å². The lowest BCUT2D eigenvalue weighted by Crippen LogP contribution is -2.19. The third-order valence-corrected chi connectivity index (χ3v) is 2.38. The van der Waals surface area contributed by atoms with Crippen LogP contribution in [0.25, 0.3) is 0 Å². The number of hydrogen-bond donors (Lipinski definition) is 1. The van der Waals surface area contributed by atoms with Crippen molar-refractivity contribution in [2.24, 2.45) is 0 Å². The molecule has 0 spiro atoms. The molecule has 1 fully saturated rings. The van der Waals surface area contributed by atoms with E-state index in [0.29, 0.717) is 6.10 Å². The van der Waals surface area contributed by atoms with Crippen LogP contribution in [-0.2, 0) is 0 Å². The molecular formula is C11H15NO2. The molecule has 0 aliphatic carbocycles. The highest BCUT2D eigenvalue weighted by atomic mass is 16.5. The third-order valence-electron chi connectivity index (χ3n) is 2.38. The molecule has 0 bridgehead atoms. The van der Waals surface area contributed by atoms with Crippen LogP contribution in [0.3, 0.4) is 0 Å². The number of benzene rings is 1. The second kappa shape index (κ2) is 4.33. The summed E-state index contributed by atoms with van der Waals surface area (Å²) in [4.78, 5) is 0. The van der Waals surface area contributed by atoms with Gasteiger partial charge in [0, 0.05) is 6.54 Å². The molecule has 3 heteroatoms. The second-order valence-corrected chi connectivity index (χ2v) is 3.41. The van der Waals surface area contributed by atoms with Crippen LogP contribution in [-0.4, -0.2) is 26.3 Å². The standard InChI is InChI=1S/C11H15NO2/c1-13-9-2-4-10(5-3-9)14-11-6-7-12-8-11/h2-5,11-12H,6-8H2,1H3/t11-/m0/s1. The van der Waals surface area contributed by atoms with E-state index in [4.69, 9.17) is 9.47 Å². The average Bonchev–Trinajstić information content (AvgIpc) is 2.72. The van der Waals surface area contributed by atoms with Gasteiger partial charge in [0.25, 0.3) is 0 Å². The number of ether oxygens (including phenoxy) is 2. The Morgan fingerprint density at radius 3 is 2.50 bits per heavy atom. The van der Waals surface area contributed by atoms with E-state index in [0.717, 1.165) is 31.0 Å². The van der Waals surface area contributed by atoms with Crippen molar-refractivity contribution in [2.75, 3.05) is 20.2 Å². The molecule has 0 radical (unpaired) electrons. The summed E-state index contributed by atoms with van der Waals surface area (Å²) in [5.74, 6) is 1.78. The van der Waals surface area contributed by atoms with Gasteiger partial charge in [0.05, 0.1) is 7.11 Å². The van der Waals surface area contributed by atoms with Crippen molar-refractivity contribution >= 4 is 0 Å². The first-order chi connectivity index (χ1) is 6.88. The first-order valence-corrected chi connectivity index (χ1v) is 4.90. The minimum absolute atomic E-state index is 0.323. The van der Waals surface area contributed by atoms with Gasteiger partial charge in [0.1, 0.15) is 17.6 Å². The van der Waals surface area contributed by atoms with Crippen molar-refractivity contribution in [1.29, 1.82) is 0 Å². The Bertz CT molecular complexity index is 278. The Morgan fingerprint density at radius 1 is 1.21 bits per heavy atom. The third kappa shape index (κ3) is 2.17. The maximum atomic E-state index is 5.76. The summed E-state index contributed by atoms with van der Waals surface area (Å²) < 4.78 is 10.8. The number of nitrogens with one attached hydrogen (secondary N) is 1. The summed E-state index contributed by atoms with van der Waals surface area (Å²) in [6.45, 7) is 2.01. The number of methoxy groups -OCH3 is 1. The van der Waals surface area contributed by atoms with Crippen LogP contribution >= 0.6 is 0 Å². The molecule has 1 aliphatic heterocycles. The maximum Gasteiger partial charge on any atom is 0.120 e. The van der Waals surface area contributed by atoms with Crippen LogP contribution in [0.2, 0.25) is 0 Å². The molecule has 1 saturated heterocycles. The van der Waals surface area contributed by atoms with Gasteiger partial charge in [0.15, 0.2) is 0 Å². The molecule has 1 aromatic carbocycles. The van der Waals surface area contributed by atoms with Crippen molar-refractivity contribution in [3.05, 3.63) is 24.3 Å². The summed E-state index contributed by atoms with van der Waals surface area (Å²) >= 11 is 0. The fraction of sp³-hybridized carbons (Fsp3) is 0.455. The van der Waals surface area contributed by atoms with E-state index in [2.05, 4.69) is 5.32 Å². The fourth-order valence-corrected chi connectivity index (χ4v) is 1.58. The lowest BCUT2D eigenvalue weighted by Gasteiger charge is -2.12. The van der Waals surface area contributed by atoms with E-state index in [9.17, 15) is 0 Å². The monoisotopic (exact) mass is 193 g/mol. The lowest BCUT2D eigenvalue weighted by atomic mass is 10.3. The minimum atomic E-state index is 0.323. The Labute approximate surface area is 84.0 Å². The zero-order chi connectivity index (χ0) is 9.80. The van der Waals surface area contributed by atoms with E-state index in [1.165, 1.54) is 0 Å². The van der Waals surface area contributed by atoms with Gasteiger partial charge in [-0.25, -0.2) is 0 Å². The first kappa shape index (κ1) is 9.34. The van der Waals surface area contributed by atoms with E-state index >= 15 is 0 Å². The van der Waals surface area contributed by atoms with Gasteiger partial charge in [-0.05, 0) is 37.2 Å². The minimum Gasteiger partial charge on any atom is -0.497 e. The normalized spacial score (nSPS) is 20.8. The lowest BCUT2D eigenvalue weighted by molar-refractivity contribution is 0.223. The number of hydrogen-bond acceptors (Lipinski definition) is 3. The summed E-state index contributed by atoms with van der Waals surface area (Å²) in [5, 5.41) is 3.27. The van der Waals surface area contributed by atoms with Crippen LogP contribution in [0, 0.1) is 0 Å². The Kier molecular flexibility index (Phi) is 2.89. The summed E-state index contributed by atoms with van der Waals surface area (Å²) in [7, 11) is 1.66. The highest BCUT2D eigenvalue weighted by molar-refractivity contribution is 5.31. The second-order valence-electron chi connectivity index (χ2n) is 3.41. The predicted molar refractivity (Wildman–Crippen MR) is 54.9 cm³/mol. The summed E-state index contributed by atoms with van der Waals surface area (Å²) in [5.41, 5.74) is 0. The fourth-order valence-electron chi connectivity index (χ4n) is 1.58. The molecule has 1 aliphatic rings. The van der Waals surface area contributed by atoms with Gasteiger partial charge in [-0.15, -0.1) is 0 Å². The summed E-state index contributed by atoms with van der Waals surface area (Å²) in [6.07, 6.45) is 1.41.